The van der Waals surface area contributed by atoms with Crippen LogP contribution in [-0.4, -0.2) is 39.1 Å². The molecule has 17 heavy (non-hydrogen) atoms. The molecule has 0 unspecified atom stereocenters. The Labute approximate surface area is 101 Å². The molecule has 0 aliphatic rings. The standard InChI is InChI=1S/C12H19FN2O2/c1-2-3-4-9-7-15-10(8-14-9)5-11(16)12(17)6-13/h7-8,11-12,16-17H,2-6H2,1H3/t11-,12+/m0/s1. The van der Waals surface area contributed by atoms with Gasteiger partial charge < -0.3 is 10.2 Å². The monoisotopic (exact) mass is 242 g/mol. The van der Waals surface area contributed by atoms with E-state index in [1.54, 1.807) is 12.4 Å². The first kappa shape index (κ1) is 14.0. The van der Waals surface area contributed by atoms with Crippen molar-refractivity contribution >= 4 is 0 Å². The Bertz CT molecular complexity index is 319. The number of rotatable bonds is 7. The number of unbranched alkanes of at least 4 members (excludes halogenated alkanes) is 1. The predicted molar refractivity (Wildman–Crippen MR) is 62.3 cm³/mol. The van der Waals surface area contributed by atoms with Crippen molar-refractivity contribution in [3.8, 4) is 0 Å². The van der Waals surface area contributed by atoms with Crippen LogP contribution in [-0.2, 0) is 12.8 Å². The van der Waals surface area contributed by atoms with Crippen molar-refractivity contribution in [2.45, 2.75) is 44.8 Å². The third-order valence-corrected chi connectivity index (χ3v) is 2.57. The van der Waals surface area contributed by atoms with E-state index in [2.05, 4.69) is 16.9 Å². The minimum Gasteiger partial charge on any atom is -0.390 e. The largest absolute Gasteiger partial charge is 0.390 e. The van der Waals surface area contributed by atoms with E-state index in [1.807, 2.05) is 0 Å². The molecule has 0 bridgehead atoms. The molecule has 2 atom stereocenters. The zero-order valence-electron chi connectivity index (χ0n) is 10.0. The summed E-state index contributed by atoms with van der Waals surface area (Å²) < 4.78 is 12.1. The SMILES string of the molecule is CCCCc1cnc(C[C@H](O)[C@H](O)CF)cn1. The maximum atomic E-state index is 12.1. The van der Waals surface area contributed by atoms with Crippen molar-refractivity contribution in [2.75, 3.05) is 6.67 Å². The zero-order valence-corrected chi connectivity index (χ0v) is 10.0. The molecule has 5 heteroatoms. The van der Waals surface area contributed by atoms with Crippen molar-refractivity contribution in [3.63, 3.8) is 0 Å². The van der Waals surface area contributed by atoms with Gasteiger partial charge in [0.2, 0.25) is 0 Å². The quantitative estimate of drug-likeness (QED) is 0.750. The lowest BCUT2D eigenvalue weighted by atomic mass is 10.1. The van der Waals surface area contributed by atoms with Gasteiger partial charge in [-0.1, -0.05) is 13.3 Å². The minimum absolute atomic E-state index is 0.117. The molecule has 1 aromatic heterocycles. The molecule has 0 amide bonds. The van der Waals surface area contributed by atoms with Crippen LogP contribution in [0.3, 0.4) is 0 Å². The van der Waals surface area contributed by atoms with E-state index in [4.69, 9.17) is 5.11 Å². The first-order chi connectivity index (χ1) is 8.17. The van der Waals surface area contributed by atoms with Crippen LogP contribution in [0.5, 0.6) is 0 Å². The van der Waals surface area contributed by atoms with Crippen molar-refractivity contribution < 1.29 is 14.6 Å². The smallest absolute Gasteiger partial charge is 0.118 e. The van der Waals surface area contributed by atoms with Gasteiger partial charge in [-0.25, -0.2) is 4.39 Å². The normalized spacial score (nSPS) is 14.6. The fourth-order valence-corrected chi connectivity index (χ4v) is 1.43. The summed E-state index contributed by atoms with van der Waals surface area (Å²) in [4.78, 5) is 8.34. The molecule has 0 spiro atoms. The van der Waals surface area contributed by atoms with Gasteiger partial charge in [-0.05, 0) is 12.8 Å². The molecule has 4 nitrogen and oxygen atoms in total. The molecule has 0 saturated carbocycles. The number of aromatic nitrogens is 2. The number of hydrogen-bond donors (Lipinski definition) is 2. The number of aliphatic hydroxyl groups is 2. The molecular formula is C12H19FN2O2. The molecule has 96 valence electrons. The highest BCUT2D eigenvalue weighted by atomic mass is 19.1. The van der Waals surface area contributed by atoms with Gasteiger partial charge in [0.25, 0.3) is 0 Å². The zero-order chi connectivity index (χ0) is 12.7. The van der Waals surface area contributed by atoms with Crippen molar-refractivity contribution in [2.24, 2.45) is 0 Å². The van der Waals surface area contributed by atoms with Gasteiger partial charge in [-0.15, -0.1) is 0 Å². The van der Waals surface area contributed by atoms with Gasteiger partial charge in [0.05, 0.1) is 17.5 Å². The molecule has 0 saturated heterocycles. The molecule has 0 fully saturated rings. The molecule has 2 N–H and O–H groups in total. The van der Waals surface area contributed by atoms with Crippen LogP contribution in [0.15, 0.2) is 12.4 Å². The summed E-state index contributed by atoms with van der Waals surface area (Å²) in [6.07, 6.45) is 3.93. The average molecular weight is 242 g/mol. The van der Waals surface area contributed by atoms with Crippen LogP contribution in [0.25, 0.3) is 0 Å². The van der Waals surface area contributed by atoms with Crippen molar-refractivity contribution in [1.29, 1.82) is 0 Å². The number of alkyl halides is 1. The highest BCUT2D eigenvalue weighted by Crippen LogP contribution is 2.05. The van der Waals surface area contributed by atoms with Crippen molar-refractivity contribution in [3.05, 3.63) is 23.8 Å². The number of aliphatic hydroxyl groups excluding tert-OH is 2. The Morgan fingerprint density at radius 1 is 1.18 bits per heavy atom. The fraction of sp³-hybridized carbons (Fsp3) is 0.667. The minimum atomic E-state index is -1.35. The van der Waals surface area contributed by atoms with Gasteiger partial charge in [0, 0.05) is 18.8 Å². The Kier molecular flexibility index (Phi) is 6.00. The van der Waals surface area contributed by atoms with Crippen LogP contribution < -0.4 is 0 Å². The van der Waals surface area contributed by atoms with Crippen LogP contribution in [0.2, 0.25) is 0 Å². The highest BCUT2D eigenvalue weighted by Gasteiger charge is 2.17. The predicted octanol–water partition coefficient (Wildman–Crippen LogP) is 1.05. The molecule has 0 aliphatic carbocycles. The first-order valence-electron chi connectivity index (χ1n) is 5.89. The summed E-state index contributed by atoms with van der Waals surface area (Å²) in [5.74, 6) is 0. The summed E-state index contributed by atoms with van der Waals surface area (Å²) in [6.45, 7) is 1.15. The Morgan fingerprint density at radius 3 is 2.35 bits per heavy atom. The third kappa shape index (κ3) is 4.75. The first-order valence-corrected chi connectivity index (χ1v) is 5.89. The van der Waals surface area contributed by atoms with E-state index >= 15 is 0 Å². The summed E-state index contributed by atoms with van der Waals surface area (Å²) in [6, 6.07) is 0. The maximum Gasteiger partial charge on any atom is 0.118 e. The van der Waals surface area contributed by atoms with Crippen LogP contribution in [0.1, 0.15) is 31.2 Å². The van der Waals surface area contributed by atoms with Crippen LogP contribution in [0.4, 0.5) is 4.39 Å². The second-order valence-electron chi connectivity index (χ2n) is 4.10. The van der Waals surface area contributed by atoms with Gasteiger partial charge in [-0.2, -0.15) is 0 Å². The van der Waals surface area contributed by atoms with E-state index in [0.29, 0.717) is 5.69 Å². The summed E-state index contributed by atoms with van der Waals surface area (Å²) in [5.41, 5.74) is 1.47. The Balaban J connectivity index is 2.50. The molecule has 0 aromatic carbocycles. The summed E-state index contributed by atoms with van der Waals surface area (Å²) in [5, 5.41) is 18.5. The number of aryl methyl sites for hydroxylation is 1. The van der Waals surface area contributed by atoms with E-state index in [-0.39, 0.29) is 6.42 Å². The highest BCUT2D eigenvalue weighted by molar-refractivity contribution is 5.04. The molecule has 0 aliphatic heterocycles. The van der Waals surface area contributed by atoms with E-state index in [1.165, 1.54) is 0 Å². The van der Waals surface area contributed by atoms with Crippen molar-refractivity contribution in [1.82, 2.24) is 9.97 Å². The lowest BCUT2D eigenvalue weighted by molar-refractivity contribution is 0.00538. The number of hydrogen-bond acceptors (Lipinski definition) is 4. The topological polar surface area (TPSA) is 66.2 Å². The number of nitrogens with zero attached hydrogens (tertiary/aromatic N) is 2. The molecule has 0 radical (unpaired) electrons. The summed E-state index contributed by atoms with van der Waals surface area (Å²) >= 11 is 0. The van der Waals surface area contributed by atoms with E-state index < -0.39 is 18.9 Å². The van der Waals surface area contributed by atoms with Gasteiger partial charge in [0.1, 0.15) is 12.8 Å². The van der Waals surface area contributed by atoms with Crippen LogP contribution in [0, 0.1) is 0 Å². The van der Waals surface area contributed by atoms with Gasteiger partial charge >= 0.3 is 0 Å². The third-order valence-electron chi connectivity index (χ3n) is 2.57. The summed E-state index contributed by atoms with van der Waals surface area (Å²) in [7, 11) is 0. The molecule has 1 rings (SSSR count). The lowest BCUT2D eigenvalue weighted by Gasteiger charge is -2.13. The second-order valence-corrected chi connectivity index (χ2v) is 4.10. The van der Waals surface area contributed by atoms with Gasteiger partial charge in [0.15, 0.2) is 0 Å². The van der Waals surface area contributed by atoms with E-state index in [0.717, 1.165) is 25.0 Å². The Hall–Kier alpha value is -1.07. The fourth-order valence-electron chi connectivity index (χ4n) is 1.43. The Morgan fingerprint density at radius 2 is 1.82 bits per heavy atom. The molecule has 1 heterocycles. The average Bonchev–Trinajstić information content (AvgIpc) is 2.37. The molecule has 1 aromatic rings. The van der Waals surface area contributed by atoms with E-state index in [9.17, 15) is 9.50 Å². The maximum absolute atomic E-state index is 12.1. The van der Waals surface area contributed by atoms with Crippen LogP contribution >= 0.6 is 0 Å². The van der Waals surface area contributed by atoms with Gasteiger partial charge in [-0.3, -0.25) is 9.97 Å². The lowest BCUT2D eigenvalue weighted by Crippen LogP contribution is -2.30. The second kappa shape index (κ2) is 7.29. The number of halogens is 1. The molecular weight excluding hydrogens is 223 g/mol.